The molecule has 26 heteroatoms. The van der Waals surface area contributed by atoms with Crippen LogP contribution < -0.4 is 47.9 Å². The monoisotopic (exact) mass is 895 g/mol. The SMILES string of the molecule is C[C@H](NC(=O)[C@H](Cc1ccc(O)cc1)NC(=O)[C@H](CO)NC(=O)[C@@H](NC(=O)[C@@H]1CCCN1)[C@@H](C)O)C(=O)NCC(=O)N[C@@H](CC(=O)O)C(=O)N[C@@H](CC(=O)O)C(=O)N[C@H](C=O)CO. The highest BCUT2D eigenvalue weighted by Crippen LogP contribution is 2.12. The van der Waals surface area contributed by atoms with Gasteiger partial charge in [0.15, 0.2) is 0 Å². The molecule has 0 aliphatic carbocycles. The molecule has 0 unspecified atom stereocenters. The van der Waals surface area contributed by atoms with Gasteiger partial charge in [-0.05, 0) is 50.9 Å². The van der Waals surface area contributed by atoms with Crippen LogP contribution in [0.1, 0.15) is 45.1 Å². The largest absolute Gasteiger partial charge is 0.508 e. The predicted molar refractivity (Wildman–Crippen MR) is 211 cm³/mol. The van der Waals surface area contributed by atoms with Crippen molar-refractivity contribution in [3.8, 4) is 5.75 Å². The molecular formula is C37H53N9O17. The van der Waals surface area contributed by atoms with Crippen LogP contribution in [-0.2, 0) is 59.2 Å². The normalized spacial score (nSPS) is 17.0. The van der Waals surface area contributed by atoms with Crippen LogP contribution in [0.25, 0.3) is 0 Å². The first-order valence-electron chi connectivity index (χ1n) is 19.4. The minimum absolute atomic E-state index is 0.127. The van der Waals surface area contributed by atoms with Gasteiger partial charge in [0.05, 0.1) is 44.7 Å². The van der Waals surface area contributed by atoms with Crippen LogP contribution >= 0.6 is 0 Å². The summed E-state index contributed by atoms with van der Waals surface area (Å²) in [5, 5.41) is 78.0. The van der Waals surface area contributed by atoms with E-state index in [1.807, 2.05) is 16.0 Å². The van der Waals surface area contributed by atoms with E-state index in [9.17, 15) is 78.3 Å². The molecular weight excluding hydrogens is 842 g/mol. The predicted octanol–water partition coefficient (Wildman–Crippen LogP) is -7.27. The summed E-state index contributed by atoms with van der Waals surface area (Å²) in [5.41, 5.74) is 0.384. The van der Waals surface area contributed by atoms with Crippen LogP contribution in [-0.4, -0.2) is 177 Å². The van der Waals surface area contributed by atoms with Crippen molar-refractivity contribution in [1.82, 2.24) is 47.9 Å². The van der Waals surface area contributed by atoms with E-state index in [2.05, 4.69) is 31.9 Å². The maximum Gasteiger partial charge on any atom is 0.305 e. The number of phenolic OH excluding ortho intramolecular Hbond substituents is 1. The highest BCUT2D eigenvalue weighted by atomic mass is 16.4. The van der Waals surface area contributed by atoms with Gasteiger partial charge in [0, 0.05) is 6.42 Å². The fourth-order valence-electron chi connectivity index (χ4n) is 5.76. The number of hydrogen-bond donors (Lipinski definition) is 15. The lowest BCUT2D eigenvalue weighted by molar-refractivity contribution is -0.143. The highest BCUT2D eigenvalue weighted by Gasteiger charge is 2.35. The zero-order chi connectivity index (χ0) is 47.4. The van der Waals surface area contributed by atoms with E-state index in [-0.39, 0.29) is 18.5 Å². The number of benzene rings is 1. The smallest absolute Gasteiger partial charge is 0.305 e. The first-order valence-corrected chi connectivity index (χ1v) is 19.4. The van der Waals surface area contributed by atoms with Crippen LogP contribution in [0.5, 0.6) is 5.75 Å². The quantitative estimate of drug-likeness (QED) is 0.0384. The van der Waals surface area contributed by atoms with E-state index in [0.717, 1.165) is 0 Å². The molecule has 1 saturated heterocycles. The van der Waals surface area contributed by atoms with E-state index < -0.39 is 146 Å². The summed E-state index contributed by atoms with van der Waals surface area (Å²) in [6.45, 7) is 0.170. The maximum atomic E-state index is 13.5. The van der Waals surface area contributed by atoms with Crippen LogP contribution in [0.4, 0.5) is 0 Å². The number of aldehydes is 1. The first kappa shape index (κ1) is 52.4. The molecule has 1 fully saturated rings. The van der Waals surface area contributed by atoms with Crippen LogP contribution in [0, 0.1) is 0 Å². The average Bonchev–Trinajstić information content (AvgIpc) is 3.77. The van der Waals surface area contributed by atoms with E-state index >= 15 is 0 Å². The number of carboxylic acid groups (broad SMARTS) is 2. The summed E-state index contributed by atoms with van der Waals surface area (Å²) in [6.07, 6.45) is -2.52. The molecule has 2 rings (SSSR count). The summed E-state index contributed by atoms with van der Waals surface area (Å²) < 4.78 is 0. The third kappa shape index (κ3) is 18.0. The second-order valence-corrected chi connectivity index (χ2v) is 14.3. The molecule has 0 saturated carbocycles. The molecule has 1 aliphatic heterocycles. The van der Waals surface area contributed by atoms with E-state index in [1.165, 1.54) is 38.1 Å². The number of carboxylic acids is 2. The van der Waals surface area contributed by atoms with Crippen molar-refractivity contribution in [2.45, 2.75) is 100 Å². The zero-order valence-corrected chi connectivity index (χ0v) is 34.1. The Morgan fingerprint density at radius 3 is 1.76 bits per heavy atom. The Morgan fingerprint density at radius 2 is 1.24 bits per heavy atom. The van der Waals surface area contributed by atoms with E-state index in [0.29, 0.717) is 24.9 Å². The number of aromatic hydroxyl groups is 1. The van der Waals surface area contributed by atoms with Crippen molar-refractivity contribution < 1.29 is 83.4 Å². The topological polar surface area (TPSA) is 417 Å². The van der Waals surface area contributed by atoms with Gasteiger partial charge < -0.3 is 83.3 Å². The van der Waals surface area contributed by atoms with Crippen molar-refractivity contribution in [1.29, 1.82) is 0 Å². The molecule has 15 N–H and O–H groups in total. The van der Waals surface area contributed by atoms with Crippen molar-refractivity contribution in [2.24, 2.45) is 0 Å². The fourth-order valence-corrected chi connectivity index (χ4v) is 5.76. The highest BCUT2D eigenvalue weighted by molar-refractivity contribution is 5.98. The summed E-state index contributed by atoms with van der Waals surface area (Å²) in [4.78, 5) is 138. The Bertz CT molecular complexity index is 1820. The van der Waals surface area contributed by atoms with Gasteiger partial charge in [0.2, 0.25) is 47.3 Å². The maximum absolute atomic E-state index is 13.5. The molecule has 0 spiro atoms. The minimum atomic E-state index is -1.93. The molecule has 0 radical (unpaired) electrons. The molecule has 26 nitrogen and oxygen atoms in total. The van der Waals surface area contributed by atoms with Gasteiger partial charge in [0.25, 0.3) is 0 Å². The number of aliphatic hydroxyl groups is 3. The number of aliphatic carboxylic acids is 2. The second-order valence-electron chi connectivity index (χ2n) is 14.3. The van der Waals surface area contributed by atoms with Gasteiger partial charge in [-0.3, -0.25) is 47.9 Å². The molecule has 0 bridgehead atoms. The number of carbonyl (C=O) groups is 11. The van der Waals surface area contributed by atoms with Crippen molar-refractivity contribution in [2.75, 3.05) is 26.3 Å². The molecule has 63 heavy (non-hydrogen) atoms. The van der Waals surface area contributed by atoms with Crippen LogP contribution in [0.2, 0.25) is 0 Å². The lowest BCUT2D eigenvalue weighted by Gasteiger charge is -2.26. The fraction of sp³-hybridized carbons (Fsp3) is 0.541. The number of carbonyl (C=O) groups excluding carboxylic acids is 9. The molecule has 1 aromatic carbocycles. The standard InChI is InChI=1S/C37H53N9O17/c1-17(31(57)39-13-27(52)42-24(11-28(53)54)35(61)44-25(12-29(55)56)34(60)41-20(14-47)15-48)40-33(59)23(10-19-5-7-21(51)8-6-19)43-36(62)26(16-49)45-37(63)30(18(2)50)46-32(58)22-4-3-9-38-22/h5-8,14,17-18,20,22-26,30,38,48-51H,3-4,9-13,15-16H2,1-2H3,(H,39,57)(H,40,59)(H,41,60)(H,42,52)(H,43,62)(H,44,61)(H,45,63)(H,46,58)(H,53,54)(H,55,56)/t17-,18+,20+,22-,23-,24-,25-,26-,30-/m0/s1. The Balaban J connectivity index is 2.13. The van der Waals surface area contributed by atoms with Crippen LogP contribution in [0.3, 0.4) is 0 Å². The summed E-state index contributed by atoms with van der Waals surface area (Å²) >= 11 is 0. The third-order valence-corrected chi connectivity index (χ3v) is 9.17. The lowest BCUT2D eigenvalue weighted by atomic mass is 10.0. The Kier molecular flexibility index (Phi) is 21.5. The Labute approximate surface area is 358 Å². The second kappa shape index (κ2) is 25.9. The summed E-state index contributed by atoms with van der Waals surface area (Å²) in [6, 6.07) is -6.74. The first-order chi connectivity index (χ1) is 29.7. The number of nitrogens with one attached hydrogen (secondary N) is 9. The summed E-state index contributed by atoms with van der Waals surface area (Å²) in [7, 11) is 0. The molecule has 348 valence electrons. The van der Waals surface area contributed by atoms with Gasteiger partial charge in [-0.1, -0.05) is 12.1 Å². The van der Waals surface area contributed by atoms with Gasteiger partial charge in [0.1, 0.15) is 54.3 Å². The van der Waals surface area contributed by atoms with Crippen molar-refractivity contribution in [3.63, 3.8) is 0 Å². The molecule has 1 heterocycles. The molecule has 0 aromatic heterocycles. The molecule has 1 aromatic rings. The number of aliphatic hydroxyl groups excluding tert-OH is 3. The number of rotatable bonds is 26. The molecule has 1 aliphatic rings. The Morgan fingerprint density at radius 1 is 0.698 bits per heavy atom. The van der Waals surface area contributed by atoms with Crippen molar-refractivity contribution >= 4 is 65.5 Å². The summed E-state index contributed by atoms with van der Waals surface area (Å²) in [5.74, 6) is -11.8. The van der Waals surface area contributed by atoms with Crippen LogP contribution in [0.15, 0.2) is 24.3 Å². The van der Waals surface area contributed by atoms with E-state index in [1.54, 1.807) is 0 Å². The van der Waals surface area contributed by atoms with Crippen molar-refractivity contribution in [3.05, 3.63) is 29.8 Å². The number of amides is 8. The average molecular weight is 896 g/mol. The number of hydrogen-bond acceptors (Lipinski definition) is 16. The third-order valence-electron chi connectivity index (χ3n) is 9.17. The number of phenols is 1. The van der Waals surface area contributed by atoms with Gasteiger partial charge in [-0.2, -0.15) is 0 Å². The van der Waals surface area contributed by atoms with Gasteiger partial charge >= 0.3 is 11.9 Å². The zero-order valence-electron chi connectivity index (χ0n) is 34.1. The Hall–Kier alpha value is -6.77. The molecule has 8 amide bonds. The van der Waals surface area contributed by atoms with E-state index in [4.69, 9.17) is 5.11 Å². The minimum Gasteiger partial charge on any atom is -0.508 e. The molecule has 9 atom stereocenters. The van der Waals surface area contributed by atoms with Gasteiger partial charge in [-0.25, -0.2) is 0 Å². The lowest BCUT2D eigenvalue weighted by Crippen LogP contribution is -2.61. The van der Waals surface area contributed by atoms with Gasteiger partial charge in [-0.15, -0.1) is 0 Å².